The summed E-state index contributed by atoms with van der Waals surface area (Å²) in [5, 5.41) is 2.99. The van der Waals surface area contributed by atoms with Crippen molar-refractivity contribution >= 4 is 5.91 Å². The van der Waals surface area contributed by atoms with Crippen LogP contribution in [0.25, 0.3) is 0 Å². The average molecular weight is 381 g/mol. The van der Waals surface area contributed by atoms with Gasteiger partial charge in [-0.05, 0) is 42.0 Å². The van der Waals surface area contributed by atoms with E-state index in [0.29, 0.717) is 17.3 Å². The molecule has 1 heterocycles. The Bertz CT molecular complexity index is 921. The molecule has 1 N–H and O–H groups in total. The van der Waals surface area contributed by atoms with Crippen molar-refractivity contribution in [1.82, 2.24) is 14.9 Å². The van der Waals surface area contributed by atoms with E-state index < -0.39 is 6.04 Å². The number of carbonyl (C=O) groups excluding carboxylic acids is 1. The number of aryl methyl sites for hydroxylation is 1. The second-order valence-electron chi connectivity index (χ2n) is 6.14. The third-order valence-corrected chi connectivity index (χ3v) is 4.28. The van der Waals surface area contributed by atoms with Crippen LogP contribution in [-0.2, 0) is 11.8 Å². The lowest BCUT2D eigenvalue weighted by molar-refractivity contribution is -0.123. The summed E-state index contributed by atoms with van der Waals surface area (Å²) in [6.45, 7) is -0.114. The van der Waals surface area contributed by atoms with Gasteiger partial charge in [0.05, 0.1) is 14.2 Å². The fourth-order valence-electron chi connectivity index (χ4n) is 2.80. The minimum Gasteiger partial charge on any atom is -0.497 e. The zero-order chi connectivity index (χ0) is 19.9. The van der Waals surface area contributed by atoms with E-state index >= 15 is 0 Å². The zero-order valence-electron chi connectivity index (χ0n) is 16.1. The van der Waals surface area contributed by atoms with E-state index in [4.69, 9.17) is 14.2 Å². The van der Waals surface area contributed by atoms with Gasteiger partial charge in [0.25, 0.3) is 5.91 Å². The summed E-state index contributed by atoms with van der Waals surface area (Å²) in [5.41, 5.74) is 0.867. The minimum absolute atomic E-state index is 0.114. The molecule has 2 aromatic carbocycles. The molecule has 0 saturated heterocycles. The molecule has 0 aliphatic heterocycles. The Labute approximate surface area is 163 Å². The van der Waals surface area contributed by atoms with Crippen LogP contribution in [0.4, 0.5) is 0 Å². The monoisotopic (exact) mass is 381 g/mol. The van der Waals surface area contributed by atoms with Gasteiger partial charge in [0.1, 0.15) is 29.1 Å². The van der Waals surface area contributed by atoms with E-state index in [-0.39, 0.29) is 12.5 Å². The molecule has 0 aliphatic rings. The van der Waals surface area contributed by atoms with E-state index in [1.54, 1.807) is 44.7 Å². The highest BCUT2D eigenvalue weighted by Crippen LogP contribution is 2.24. The first-order valence-electron chi connectivity index (χ1n) is 8.78. The number of hydrogen-bond acceptors (Lipinski definition) is 5. The standard InChI is InChI=1S/C21H23N3O4/c1-24-12-11-22-21(24)20(15-5-4-6-18(13-15)27-3)23-19(25)14-28-17-9-7-16(26-2)8-10-17/h4-13,20H,14H2,1-3H3,(H,23,25). The van der Waals surface area contributed by atoms with Gasteiger partial charge in [-0.3, -0.25) is 4.79 Å². The molecule has 1 aromatic heterocycles. The number of methoxy groups -OCH3 is 2. The Morgan fingerprint density at radius 2 is 1.79 bits per heavy atom. The van der Waals surface area contributed by atoms with E-state index in [1.165, 1.54) is 0 Å². The van der Waals surface area contributed by atoms with Gasteiger partial charge in [0, 0.05) is 19.4 Å². The van der Waals surface area contributed by atoms with Gasteiger partial charge >= 0.3 is 0 Å². The molecule has 0 saturated carbocycles. The molecule has 146 valence electrons. The molecular formula is C21H23N3O4. The summed E-state index contributed by atoms with van der Waals surface area (Å²) >= 11 is 0. The molecule has 7 heteroatoms. The number of nitrogens with zero attached hydrogens (tertiary/aromatic N) is 2. The van der Waals surface area contributed by atoms with E-state index in [2.05, 4.69) is 10.3 Å². The summed E-state index contributed by atoms with van der Waals surface area (Å²) < 4.78 is 17.9. The van der Waals surface area contributed by atoms with Gasteiger partial charge in [0.15, 0.2) is 6.61 Å². The molecule has 1 amide bonds. The molecule has 0 spiro atoms. The maximum atomic E-state index is 12.6. The van der Waals surface area contributed by atoms with Gasteiger partial charge in [-0.15, -0.1) is 0 Å². The van der Waals surface area contributed by atoms with Gasteiger partial charge < -0.3 is 24.1 Å². The predicted molar refractivity (Wildman–Crippen MR) is 105 cm³/mol. The Morgan fingerprint density at radius 3 is 2.43 bits per heavy atom. The first kappa shape index (κ1) is 19.3. The number of aromatic nitrogens is 2. The summed E-state index contributed by atoms with van der Waals surface area (Å²) in [6.07, 6.45) is 3.53. The zero-order valence-corrected chi connectivity index (χ0v) is 16.1. The van der Waals surface area contributed by atoms with Crippen LogP contribution >= 0.6 is 0 Å². The fraction of sp³-hybridized carbons (Fsp3) is 0.238. The quantitative estimate of drug-likeness (QED) is 0.649. The Balaban J connectivity index is 1.73. The topological polar surface area (TPSA) is 74.6 Å². The smallest absolute Gasteiger partial charge is 0.258 e. The molecule has 28 heavy (non-hydrogen) atoms. The summed E-state index contributed by atoms with van der Waals surface area (Å²) in [7, 11) is 5.09. The molecule has 1 atom stereocenters. The van der Waals surface area contributed by atoms with Crippen molar-refractivity contribution in [2.75, 3.05) is 20.8 Å². The van der Waals surface area contributed by atoms with Crippen LogP contribution in [0.3, 0.4) is 0 Å². The van der Waals surface area contributed by atoms with Crippen molar-refractivity contribution in [1.29, 1.82) is 0 Å². The first-order valence-corrected chi connectivity index (χ1v) is 8.78. The van der Waals surface area contributed by atoms with Crippen LogP contribution in [-0.4, -0.2) is 36.3 Å². The third-order valence-electron chi connectivity index (χ3n) is 4.28. The van der Waals surface area contributed by atoms with E-state index in [1.807, 2.05) is 42.1 Å². The van der Waals surface area contributed by atoms with Crippen LogP contribution < -0.4 is 19.5 Å². The molecule has 0 radical (unpaired) electrons. The summed E-state index contributed by atoms with van der Waals surface area (Å²) in [5.74, 6) is 2.48. The predicted octanol–water partition coefficient (Wildman–Crippen LogP) is 2.72. The van der Waals surface area contributed by atoms with Crippen molar-refractivity contribution in [3.63, 3.8) is 0 Å². The van der Waals surface area contributed by atoms with Gasteiger partial charge in [-0.1, -0.05) is 12.1 Å². The maximum Gasteiger partial charge on any atom is 0.258 e. The Morgan fingerprint density at radius 1 is 1.07 bits per heavy atom. The van der Waals surface area contributed by atoms with Crippen molar-refractivity contribution in [3.05, 3.63) is 72.3 Å². The number of rotatable bonds is 8. The number of nitrogens with one attached hydrogen (secondary N) is 1. The van der Waals surface area contributed by atoms with Gasteiger partial charge in [-0.25, -0.2) is 4.98 Å². The largest absolute Gasteiger partial charge is 0.497 e. The van der Waals surface area contributed by atoms with Crippen molar-refractivity contribution < 1.29 is 19.0 Å². The highest BCUT2D eigenvalue weighted by Gasteiger charge is 2.21. The molecule has 3 rings (SSSR count). The van der Waals surface area contributed by atoms with E-state index in [9.17, 15) is 4.79 Å². The number of imidazole rings is 1. The molecule has 3 aromatic rings. The van der Waals surface area contributed by atoms with Crippen LogP contribution in [0.5, 0.6) is 17.2 Å². The van der Waals surface area contributed by atoms with Crippen LogP contribution in [0.2, 0.25) is 0 Å². The second kappa shape index (κ2) is 8.94. The highest BCUT2D eigenvalue weighted by atomic mass is 16.5. The van der Waals surface area contributed by atoms with Crippen LogP contribution in [0.15, 0.2) is 60.9 Å². The maximum absolute atomic E-state index is 12.6. The van der Waals surface area contributed by atoms with Crippen molar-refractivity contribution in [2.45, 2.75) is 6.04 Å². The first-order chi connectivity index (χ1) is 13.6. The van der Waals surface area contributed by atoms with Gasteiger partial charge in [0.2, 0.25) is 0 Å². The number of amides is 1. The summed E-state index contributed by atoms with van der Waals surface area (Å²) in [6, 6.07) is 14.2. The van der Waals surface area contributed by atoms with E-state index in [0.717, 1.165) is 11.3 Å². The second-order valence-corrected chi connectivity index (χ2v) is 6.14. The van der Waals surface area contributed by atoms with Crippen molar-refractivity contribution in [3.8, 4) is 17.2 Å². The molecule has 7 nitrogen and oxygen atoms in total. The third kappa shape index (κ3) is 4.62. The number of carbonyl (C=O) groups is 1. The van der Waals surface area contributed by atoms with Crippen LogP contribution in [0, 0.1) is 0 Å². The molecule has 1 unspecified atom stereocenters. The SMILES string of the molecule is COc1ccc(OCC(=O)NC(c2cccc(OC)c2)c2nccn2C)cc1. The Hall–Kier alpha value is -3.48. The minimum atomic E-state index is -0.429. The fourth-order valence-corrected chi connectivity index (χ4v) is 2.80. The lowest BCUT2D eigenvalue weighted by Crippen LogP contribution is -2.34. The molecular weight excluding hydrogens is 358 g/mol. The number of ether oxygens (including phenoxy) is 3. The average Bonchev–Trinajstić information content (AvgIpc) is 3.16. The summed E-state index contributed by atoms with van der Waals surface area (Å²) in [4.78, 5) is 16.9. The molecule has 0 aliphatic carbocycles. The lowest BCUT2D eigenvalue weighted by atomic mass is 10.1. The lowest BCUT2D eigenvalue weighted by Gasteiger charge is -2.20. The van der Waals surface area contributed by atoms with Crippen LogP contribution in [0.1, 0.15) is 17.4 Å². The number of benzene rings is 2. The van der Waals surface area contributed by atoms with Crippen molar-refractivity contribution in [2.24, 2.45) is 7.05 Å². The normalized spacial score (nSPS) is 11.5. The van der Waals surface area contributed by atoms with Gasteiger partial charge in [-0.2, -0.15) is 0 Å². The highest BCUT2D eigenvalue weighted by molar-refractivity contribution is 5.78. The number of hydrogen-bond donors (Lipinski definition) is 1. The molecule has 0 fully saturated rings. The Kier molecular flexibility index (Phi) is 6.16. The molecule has 0 bridgehead atoms.